The molecule has 0 spiro atoms. The summed E-state index contributed by atoms with van der Waals surface area (Å²) in [6.45, 7) is 1.77. The predicted octanol–water partition coefficient (Wildman–Crippen LogP) is 2.45. The van der Waals surface area contributed by atoms with Crippen LogP contribution in [0.3, 0.4) is 0 Å². The molecular formula is C13H12FN3O2S. The van der Waals surface area contributed by atoms with E-state index >= 15 is 0 Å². The molecule has 0 saturated heterocycles. The summed E-state index contributed by atoms with van der Waals surface area (Å²) in [4.78, 5) is 23.1. The number of carbonyl (C=O) groups is 2. The van der Waals surface area contributed by atoms with Crippen LogP contribution in [0.15, 0.2) is 24.3 Å². The fourth-order valence-corrected chi connectivity index (χ4v) is 2.24. The van der Waals surface area contributed by atoms with Crippen molar-refractivity contribution in [2.45, 2.75) is 19.8 Å². The molecule has 1 heterocycles. The fourth-order valence-electron chi connectivity index (χ4n) is 1.48. The Morgan fingerprint density at radius 2 is 2.05 bits per heavy atom. The highest BCUT2D eigenvalue weighted by atomic mass is 32.1. The number of hydrogen-bond acceptors (Lipinski definition) is 5. The molecule has 20 heavy (non-hydrogen) atoms. The van der Waals surface area contributed by atoms with Gasteiger partial charge in [0, 0.05) is 6.42 Å². The van der Waals surface area contributed by atoms with Crippen molar-refractivity contribution in [2.75, 3.05) is 5.32 Å². The summed E-state index contributed by atoms with van der Waals surface area (Å²) in [6.07, 6.45) is 0.625. The third kappa shape index (κ3) is 3.45. The molecule has 0 atom stereocenters. The zero-order valence-electron chi connectivity index (χ0n) is 10.7. The number of nitrogens with one attached hydrogen (secondary N) is 1. The molecule has 1 aromatic carbocycles. The Kier molecular flexibility index (Phi) is 4.52. The summed E-state index contributed by atoms with van der Waals surface area (Å²) in [5.74, 6) is -1.14. The molecule has 1 N–H and O–H groups in total. The highest BCUT2D eigenvalue weighted by molar-refractivity contribution is 7.15. The maximum absolute atomic E-state index is 13.4. The van der Waals surface area contributed by atoms with Crippen molar-refractivity contribution in [3.63, 3.8) is 0 Å². The van der Waals surface area contributed by atoms with Gasteiger partial charge in [0.25, 0.3) is 5.91 Å². The number of benzene rings is 1. The SMILES string of the molecule is CCC(=O)Cc1nnc(NC(=O)c2ccccc2F)s1. The highest BCUT2D eigenvalue weighted by Gasteiger charge is 2.14. The van der Waals surface area contributed by atoms with Gasteiger partial charge in [-0.15, -0.1) is 10.2 Å². The van der Waals surface area contributed by atoms with E-state index < -0.39 is 11.7 Å². The largest absolute Gasteiger partial charge is 0.299 e. The molecule has 2 aromatic rings. The van der Waals surface area contributed by atoms with Gasteiger partial charge in [-0.2, -0.15) is 0 Å². The monoisotopic (exact) mass is 293 g/mol. The van der Waals surface area contributed by atoms with Crippen molar-refractivity contribution in [3.8, 4) is 0 Å². The van der Waals surface area contributed by atoms with E-state index in [9.17, 15) is 14.0 Å². The van der Waals surface area contributed by atoms with E-state index in [0.29, 0.717) is 11.4 Å². The number of halogens is 1. The maximum Gasteiger partial charge on any atom is 0.260 e. The molecule has 0 aliphatic rings. The fraction of sp³-hybridized carbons (Fsp3) is 0.231. The van der Waals surface area contributed by atoms with E-state index in [0.717, 1.165) is 11.3 Å². The van der Waals surface area contributed by atoms with Gasteiger partial charge < -0.3 is 0 Å². The first kappa shape index (κ1) is 14.3. The molecule has 104 valence electrons. The summed E-state index contributed by atoms with van der Waals surface area (Å²) in [5, 5.41) is 10.8. The molecule has 2 rings (SSSR count). The Bertz CT molecular complexity index is 642. The van der Waals surface area contributed by atoms with Gasteiger partial charge in [-0.05, 0) is 12.1 Å². The average Bonchev–Trinajstić information content (AvgIpc) is 2.86. The number of carbonyl (C=O) groups excluding carboxylic acids is 2. The summed E-state index contributed by atoms with van der Waals surface area (Å²) in [5.41, 5.74) is -0.0612. The average molecular weight is 293 g/mol. The lowest BCUT2D eigenvalue weighted by Crippen LogP contribution is -2.13. The molecule has 0 saturated carbocycles. The molecule has 1 aromatic heterocycles. The van der Waals surface area contributed by atoms with Crippen LogP contribution in [0.25, 0.3) is 0 Å². The van der Waals surface area contributed by atoms with Crippen LogP contribution in [0.2, 0.25) is 0 Å². The van der Waals surface area contributed by atoms with Crippen molar-refractivity contribution < 1.29 is 14.0 Å². The van der Waals surface area contributed by atoms with Crippen molar-refractivity contribution in [3.05, 3.63) is 40.7 Å². The zero-order valence-corrected chi connectivity index (χ0v) is 11.5. The second-order valence-electron chi connectivity index (χ2n) is 4.00. The minimum Gasteiger partial charge on any atom is -0.299 e. The van der Waals surface area contributed by atoms with Crippen LogP contribution >= 0.6 is 11.3 Å². The van der Waals surface area contributed by atoms with Crippen LogP contribution in [0.4, 0.5) is 9.52 Å². The third-order valence-electron chi connectivity index (χ3n) is 2.55. The first-order valence-corrected chi connectivity index (χ1v) is 6.81. The zero-order chi connectivity index (χ0) is 14.5. The van der Waals surface area contributed by atoms with E-state index in [4.69, 9.17) is 0 Å². The van der Waals surface area contributed by atoms with Gasteiger partial charge in [0.15, 0.2) is 0 Å². The topological polar surface area (TPSA) is 72.0 Å². The third-order valence-corrected chi connectivity index (χ3v) is 3.39. The second-order valence-corrected chi connectivity index (χ2v) is 5.07. The number of rotatable bonds is 5. The van der Waals surface area contributed by atoms with Gasteiger partial charge in [-0.3, -0.25) is 14.9 Å². The first-order valence-electron chi connectivity index (χ1n) is 6.00. The Morgan fingerprint density at radius 1 is 1.30 bits per heavy atom. The molecule has 0 fully saturated rings. The van der Waals surface area contributed by atoms with Crippen LogP contribution in [-0.4, -0.2) is 21.9 Å². The summed E-state index contributed by atoms with van der Waals surface area (Å²) < 4.78 is 13.4. The molecule has 7 heteroatoms. The van der Waals surface area contributed by atoms with Gasteiger partial charge in [-0.25, -0.2) is 4.39 Å². The molecule has 1 amide bonds. The van der Waals surface area contributed by atoms with E-state index in [1.807, 2.05) is 0 Å². The smallest absolute Gasteiger partial charge is 0.260 e. The summed E-state index contributed by atoms with van der Waals surface area (Å²) >= 11 is 1.11. The molecule has 0 aliphatic heterocycles. The molecule has 0 radical (unpaired) electrons. The molecular weight excluding hydrogens is 281 g/mol. The van der Waals surface area contributed by atoms with Crippen LogP contribution in [0.5, 0.6) is 0 Å². The maximum atomic E-state index is 13.4. The lowest BCUT2D eigenvalue weighted by Gasteiger charge is -2.01. The Labute approximate surface area is 118 Å². The number of hydrogen-bond donors (Lipinski definition) is 1. The van der Waals surface area contributed by atoms with Gasteiger partial charge in [-0.1, -0.05) is 30.4 Å². The highest BCUT2D eigenvalue weighted by Crippen LogP contribution is 2.18. The lowest BCUT2D eigenvalue weighted by atomic mass is 10.2. The Hall–Kier alpha value is -2.15. The van der Waals surface area contributed by atoms with Crippen LogP contribution in [0, 0.1) is 5.82 Å². The van der Waals surface area contributed by atoms with Crippen molar-refractivity contribution >= 4 is 28.2 Å². The van der Waals surface area contributed by atoms with E-state index in [1.165, 1.54) is 18.2 Å². The molecule has 5 nitrogen and oxygen atoms in total. The van der Waals surface area contributed by atoms with Crippen LogP contribution in [-0.2, 0) is 11.2 Å². The van der Waals surface area contributed by atoms with Gasteiger partial charge in [0.1, 0.15) is 16.6 Å². The number of anilines is 1. The van der Waals surface area contributed by atoms with E-state index in [-0.39, 0.29) is 22.9 Å². The summed E-state index contributed by atoms with van der Waals surface area (Å²) in [7, 11) is 0. The number of Topliss-reactive ketones (excluding diaryl/α,β-unsaturated/α-hetero) is 1. The number of amides is 1. The first-order chi connectivity index (χ1) is 9.60. The second kappa shape index (κ2) is 6.33. The van der Waals surface area contributed by atoms with Crippen molar-refractivity contribution in [2.24, 2.45) is 0 Å². The lowest BCUT2D eigenvalue weighted by molar-refractivity contribution is -0.118. The molecule has 0 aliphatic carbocycles. The van der Waals surface area contributed by atoms with Crippen molar-refractivity contribution in [1.82, 2.24) is 10.2 Å². The van der Waals surface area contributed by atoms with E-state index in [2.05, 4.69) is 15.5 Å². The van der Waals surface area contributed by atoms with Gasteiger partial charge >= 0.3 is 0 Å². The standard InChI is InChI=1S/C13H12FN3O2S/c1-2-8(18)7-11-16-17-13(20-11)15-12(19)9-5-3-4-6-10(9)14/h3-6H,2,7H2,1H3,(H,15,17,19). The minimum atomic E-state index is -0.601. The Morgan fingerprint density at radius 3 is 2.75 bits per heavy atom. The number of aromatic nitrogens is 2. The number of ketones is 1. The van der Waals surface area contributed by atoms with Crippen molar-refractivity contribution in [1.29, 1.82) is 0 Å². The minimum absolute atomic E-state index is 0.0492. The quantitative estimate of drug-likeness (QED) is 0.919. The Balaban J connectivity index is 2.05. The molecule has 0 bridgehead atoms. The van der Waals surface area contributed by atoms with Gasteiger partial charge in [0.05, 0.1) is 12.0 Å². The normalized spacial score (nSPS) is 10.3. The van der Waals surface area contributed by atoms with Crippen LogP contribution < -0.4 is 5.32 Å². The molecule has 0 unspecified atom stereocenters. The predicted molar refractivity (Wildman–Crippen MR) is 73.3 cm³/mol. The number of nitrogens with zero attached hydrogens (tertiary/aromatic N) is 2. The van der Waals surface area contributed by atoms with E-state index in [1.54, 1.807) is 13.0 Å². The van der Waals surface area contributed by atoms with Gasteiger partial charge in [0.2, 0.25) is 5.13 Å². The summed E-state index contributed by atoms with van der Waals surface area (Å²) in [6, 6.07) is 5.67. The van der Waals surface area contributed by atoms with Crippen LogP contribution in [0.1, 0.15) is 28.7 Å².